The molecule has 1 rings (SSSR count). The SMILES string of the molecule is CCc1c(N)nc(CCOCC(F)(F)F)[nH]c1=O. The smallest absolute Gasteiger partial charge is 0.383 e. The van der Waals surface area contributed by atoms with Crippen molar-refractivity contribution in [2.24, 2.45) is 0 Å². The summed E-state index contributed by atoms with van der Waals surface area (Å²) >= 11 is 0. The molecule has 0 saturated heterocycles. The average molecular weight is 265 g/mol. The first-order valence-corrected chi connectivity index (χ1v) is 5.35. The number of anilines is 1. The van der Waals surface area contributed by atoms with Gasteiger partial charge < -0.3 is 15.5 Å². The van der Waals surface area contributed by atoms with Crippen molar-refractivity contribution < 1.29 is 17.9 Å². The van der Waals surface area contributed by atoms with Crippen LogP contribution in [0.4, 0.5) is 19.0 Å². The molecule has 0 radical (unpaired) electrons. The zero-order valence-corrected chi connectivity index (χ0v) is 9.80. The maximum absolute atomic E-state index is 11.8. The normalized spacial score (nSPS) is 11.8. The maximum atomic E-state index is 11.8. The van der Waals surface area contributed by atoms with Gasteiger partial charge >= 0.3 is 6.18 Å². The zero-order valence-electron chi connectivity index (χ0n) is 9.80. The van der Waals surface area contributed by atoms with Crippen LogP contribution >= 0.6 is 0 Å². The molecule has 0 aliphatic carbocycles. The molecule has 0 atom stereocenters. The summed E-state index contributed by atoms with van der Waals surface area (Å²) in [5.41, 5.74) is 5.56. The predicted octanol–water partition coefficient (Wildman–Crippen LogP) is 1.04. The van der Waals surface area contributed by atoms with Crippen LogP contribution in [0.3, 0.4) is 0 Å². The van der Waals surface area contributed by atoms with Gasteiger partial charge in [0, 0.05) is 6.42 Å². The summed E-state index contributed by atoms with van der Waals surface area (Å²) < 4.78 is 39.8. The van der Waals surface area contributed by atoms with E-state index in [0.29, 0.717) is 12.0 Å². The molecule has 0 aliphatic rings. The molecule has 0 spiro atoms. The number of hydrogen-bond donors (Lipinski definition) is 2. The first-order valence-electron chi connectivity index (χ1n) is 5.35. The Morgan fingerprint density at radius 2 is 2.11 bits per heavy atom. The van der Waals surface area contributed by atoms with Crippen LogP contribution in [-0.4, -0.2) is 29.4 Å². The summed E-state index contributed by atoms with van der Waals surface area (Å²) in [7, 11) is 0. The standard InChI is InChI=1S/C10H14F3N3O2/c1-2-6-8(14)15-7(16-9(6)17)3-4-18-5-10(11,12)13/h2-5H2,1H3,(H3,14,15,16,17). The molecule has 1 heterocycles. The van der Waals surface area contributed by atoms with Crippen molar-refractivity contribution in [3.05, 3.63) is 21.7 Å². The Balaban J connectivity index is 2.56. The molecule has 3 N–H and O–H groups in total. The van der Waals surface area contributed by atoms with E-state index in [2.05, 4.69) is 14.7 Å². The van der Waals surface area contributed by atoms with Gasteiger partial charge in [-0.25, -0.2) is 4.98 Å². The van der Waals surface area contributed by atoms with Crippen molar-refractivity contribution in [3.63, 3.8) is 0 Å². The van der Waals surface area contributed by atoms with Gasteiger partial charge in [0.1, 0.15) is 18.2 Å². The van der Waals surface area contributed by atoms with Crippen molar-refractivity contribution >= 4 is 5.82 Å². The summed E-state index contributed by atoms with van der Waals surface area (Å²) in [5, 5.41) is 0. The number of aromatic nitrogens is 2. The van der Waals surface area contributed by atoms with E-state index in [1.165, 1.54) is 0 Å². The van der Waals surface area contributed by atoms with E-state index in [9.17, 15) is 18.0 Å². The fraction of sp³-hybridized carbons (Fsp3) is 0.600. The van der Waals surface area contributed by atoms with Gasteiger partial charge in [0.05, 0.1) is 12.2 Å². The number of ether oxygens (including phenoxy) is 1. The Hall–Kier alpha value is -1.57. The van der Waals surface area contributed by atoms with Crippen molar-refractivity contribution in [1.29, 1.82) is 0 Å². The number of nitrogens with zero attached hydrogens (tertiary/aromatic N) is 1. The highest BCUT2D eigenvalue weighted by molar-refractivity contribution is 5.37. The van der Waals surface area contributed by atoms with Crippen LogP contribution < -0.4 is 11.3 Å². The van der Waals surface area contributed by atoms with Crippen LogP contribution in [0.2, 0.25) is 0 Å². The molecule has 0 unspecified atom stereocenters. The molecule has 5 nitrogen and oxygen atoms in total. The number of halogens is 3. The van der Waals surface area contributed by atoms with Crippen molar-refractivity contribution in [2.45, 2.75) is 25.9 Å². The first kappa shape index (κ1) is 14.5. The Labute approximate surface area is 101 Å². The fourth-order valence-electron chi connectivity index (χ4n) is 1.38. The number of nitrogens with one attached hydrogen (secondary N) is 1. The maximum Gasteiger partial charge on any atom is 0.411 e. The lowest BCUT2D eigenvalue weighted by Crippen LogP contribution is -2.21. The van der Waals surface area contributed by atoms with E-state index in [-0.39, 0.29) is 30.2 Å². The Bertz CT molecular complexity index is 457. The molecule has 0 bridgehead atoms. The summed E-state index contributed by atoms with van der Waals surface area (Å²) in [6, 6.07) is 0. The number of hydrogen-bond acceptors (Lipinski definition) is 4. The second-order valence-electron chi connectivity index (χ2n) is 3.65. The number of nitrogen functional groups attached to an aromatic ring is 1. The molecule has 102 valence electrons. The predicted molar refractivity (Wildman–Crippen MR) is 59.2 cm³/mol. The highest BCUT2D eigenvalue weighted by Crippen LogP contribution is 2.14. The van der Waals surface area contributed by atoms with E-state index in [0.717, 1.165) is 0 Å². The molecule has 0 aliphatic heterocycles. The largest absolute Gasteiger partial charge is 0.411 e. The molecule has 1 aromatic heterocycles. The zero-order chi connectivity index (χ0) is 13.8. The molecule has 8 heteroatoms. The quantitative estimate of drug-likeness (QED) is 0.779. The summed E-state index contributed by atoms with van der Waals surface area (Å²) in [5.74, 6) is 0.323. The fourth-order valence-corrected chi connectivity index (χ4v) is 1.38. The van der Waals surface area contributed by atoms with Gasteiger partial charge in [-0.2, -0.15) is 13.2 Å². The van der Waals surface area contributed by atoms with Crippen molar-refractivity contribution in [2.75, 3.05) is 18.9 Å². The lowest BCUT2D eigenvalue weighted by atomic mass is 10.2. The number of rotatable bonds is 5. The third-order valence-electron chi connectivity index (χ3n) is 2.20. The number of aromatic amines is 1. The van der Waals surface area contributed by atoms with Gasteiger partial charge in [0.15, 0.2) is 0 Å². The van der Waals surface area contributed by atoms with E-state index in [1.807, 2.05) is 0 Å². The monoisotopic (exact) mass is 265 g/mol. The summed E-state index contributed by atoms with van der Waals surface area (Å²) in [6.07, 6.45) is -3.84. The van der Waals surface area contributed by atoms with Gasteiger partial charge in [0.25, 0.3) is 5.56 Å². The van der Waals surface area contributed by atoms with E-state index >= 15 is 0 Å². The molecule has 0 amide bonds. The van der Waals surface area contributed by atoms with Gasteiger partial charge in [-0.3, -0.25) is 4.79 Å². The van der Waals surface area contributed by atoms with E-state index in [4.69, 9.17) is 5.73 Å². The van der Waals surface area contributed by atoms with E-state index in [1.54, 1.807) is 6.92 Å². The molecule has 0 aromatic carbocycles. The summed E-state index contributed by atoms with van der Waals surface area (Å²) in [6.45, 7) is 0.252. The second-order valence-corrected chi connectivity index (χ2v) is 3.65. The van der Waals surface area contributed by atoms with E-state index < -0.39 is 12.8 Å². The van der Waals surface area contributed by atoms with Gasteiger partial charge in [-0.15, -0.1) is 0 Å². The molecule has 18 heavy (non-hydrogen) atoms. The Kier molecular flexibility index (Phi) is 4.71. The number of H-pyrrole nitrogens is 1. The third-order valence-corrected chi connectivity index (χ3v) is 2.20. The topological polar surface area (TPSA) is 81.0 Å². The van der Waals surface area contributed by atoms with Crippen LogP contribution in [-0.2, 0) is 17.6 Å². The second kappa shape index (κ2) is 5.85. The number of nitrogens with two attached hydrogens (primary N) is 1. The van der Waals surface area contributed by atoms with Crippen LogP contribution in [0, 0.1) is 0 Å². The van der Waals surface area contributed by atoms with Crippen molar-refractivity contribution in [3.8, 4) is 0 Å². The highest BCUT2D eigenvalue weighted by atomic mass is 19.4. The minimum Gasteiger partial charge on any atom is -0.383 e. The van der Waals surface area contributed by atoms with Gasteiger partial charge in [-0.05, 0) is 6.42 Å². The highest BCUT2D eigenvalue weighted by Gasteiger charge is 2.27. The van der Waals surface area contributed by atoms with Crippen LogP contribution in [0.25, 0.3) is 0 Å². The Morgan fingerprint density at radius 1 is 1.44 bits per heavy atom. The van der Waals surface area contributed by atoms with Gasteiger partial charge in [0.2, 0.25) is 0 Å². The summed E-state index contributed by atoms with van der Waals surface area (Å²) in [4.78, 5) is 17.8. The molecule has 0 fully saturated rings. The van der Waals surface area contributed by atoms with Crippen molar-refractivity contribution in [1.82, 2.24) is 9.97 Å². The molecular weight excluding hydrogens is 251 g/mol. The number of alkyl halides is 3. The minimum absolute atomic E-state index is 0.0690. The van der Waals surface area contributed by atoms with Gasteiger partial charge in [-0.1, -0.05) is 6.92 Å². The molecular formula is C10H14F3N3O2. The molecule has 1 aromatic rings. The third kappa shape index (κ3) is 4.36. The van der Waals surface area contributed by atoms with Crippen LogP contribution in [0.15, 0.2) is 4.79 Å². The molecule has 0 saturated carbocycles. The van der Waals surface area contributed by atoms with Crippen LogP contribution in [0.5, 0.6) is 0 Å². The Morgan fingerprint density at radius 3 is 2.61 bits per heavy atom. The lowest BCUT2D eigenvalue weighted by molar-refractivity contribution is -0.173. The average Bonchev–Trinajstić information content (AvgIpc) is 2.23. The van der Waals surface area contributed by atoms with Crippen LogP contribution in [0.1, 0.15) is 18.3 Å². The minimum atomic E-state index is -4.36. The first-order chi connectivity index (χ1) is 8.33. The lowest BCUT2D eigenvalue weighted by Gasteiger charge is -2.08.